The maximum Gasteiger partial charge on any atom is 0.387 e. The zero-order chi connectivity index (χ0) is 19.9. The smallest absolute Gasteiger partial charge is 0.387 e. The second-order valence-corrected chi connectivity index (χ2v) is 7.13. The van der Waals surface area contributed by atoms with Crippen LogP contribution in [0, 0.1) is 5.41 Å². The van der Waals surface area contributed by atoms with Gasteiger partial charge in [0.1, 0.15) is 5.75 Å². The fourth-order valence-electron chi connectivity index (χ4n) is 2.26. The van der Waals surface area contributed by atoms with Gasteiger partial charge >= 0.3 is 6.61 Å². The van der Waals surface area contributed by atoms with Gasteiger partial charge in [0, 0.05) is 6.42 Å². The van der Waals surface area contributed by atoms with E-state index in [-0.39, 0.29) is 18.6 Å². The van der Waals surface area contributed by atoms with Crippen molar-refractivity contribution in [1.82, 2.24) is 5.32 Å². The third kappa shape index (κ3) is 8.03. The lowest BCUT2D eigenvalue weighted by Gasteiger charge is -2.26. The zero-order valence-corrected chi connectivity index (χ0v) is 15.0. The highest BCUT2D eigenvalue weighted by atomic mass is 19.3. The fraction of sp³-hybridized carbons (Fsp3) is 0.611. The van der Waals surface area contributed by atoms with Crippen LogP contribution in [0.25, 0.3) is 0 Å². The molecule has 1 aromatic rings. The summed E-state index contributed by atoms with van der Waals surface area (Å²) in [7, 11) is 0. The quantitative estimate of drug-likeness (QED) is 0.630. The molecule has 0 heterocycles. The summed E-state index contributed by atoms with van der Waals surface area (Å²) in [6, 6.07) is 4.77. The zero-order valence-electron chi connectivity index (χ0n) is 15.0. The van der Waals surface area contributed by atoms with E-state index in [2.05, 4.69) is 10.1 Å². The molecule has 1 aromatic carbocycles. The van der Waals surface area contributed by atoms with Gasteiger partial charge in [-0.2, -0.15) is 8.78 Å². The number of rotatable bonds is 9. The maximum absolute atomic E-state index is 12.6. The number of benzene rings is 1. The van der Waals surface area contributed by atoms with E-state index in [4.69, 9.17) is 0 Å². The topological polar surface area (TPSA) is 58.6 Å². The van der Waals surface area contributed by atoms with Gasteiger partial charge in [0.2, 0.25) is 12.3 Å². The van der Waals surface area contributed by atoms with E-state index in [1.54, 1.807) is 20.8 Å². The summed E-state index contributed by atoms with van der Waals surface area (Å²) in [5.74, 6) is -0.629. The molecule has 0 aliphatic rings. The van der Waals surface area contributed by atoms with Crippen LogP contribution >= 0.6 is 0 Å². The first-order valence-electron chi connectivity index (χ1n) is 8.29. The molecular weight excluding hydrogens is 354 g/mol. The molecule has 148 valence electrons. The number of alkyl halides is 4. The molecule has 0 bridgehead atoms. The summed E-state index contributed by atoms with van der Waals surface area (Å²) in [5.41, 5.74) is -0.136. The van der Waals surface area contributed by atoms with Crippen molar-refractivity contribution < 1.29 is 32.2 Å². The summed E-state index contributed by atoms with van der Waals surface area (Å²) >= 11 is 0. The average Bonchev–Trinajstić information content (AvgIpc) is 2.49. The number of hydrogen-bond acceptors (Lipinski definition) is 3. The molecule has 0 spiro atoms. The molecule has 0 saturated heterocycles. The van der Waals surface area contributed by atoms with Gasteiger partial charge in [-0.05, 0) is 29.5 Å². The van der Waals surface area contributed by atoms with E-state index < -0.39 is 42.9 Å². The van der Waals surface area contributed by atoms with Gasteiger partial charge in [-0.15, -0.1) is 0 Å². The Labute approximate surface area is 150 Å². The number of aliphatic hydroxyl groups is 1. The Bertz CT molecular complexity index is 576. The minimum atomic E-state index is -3.01. The van der Waals surface area contributed by atoms with Crippen molar-refractivity contribution in [2.45, 2.75) is 65.2 Å². The third-order valence-corrected chi connectivity index (χ3v) is 3.87. The molecule has 0 aliphatic heterocycles. The Kier molecular flexibility index (Phi) is 8.33. The Morgan fingerprint density at radius 3 is 2.38 bits per heavy atom. The summed E-state index contributed by atoms with van der Waals surface area (Å²) in [5, 5.41) is 12.6. The van der Waals surface area contributed by atoms with Gasteiger partial charge in [0.05, 0.1) is 18.6 Å². The number of carbonyl (C=O) groups is 1. The fourth-order valence-corrected chi connectivity index (χ4v) is 2.26. The molecule has 2 N–H and O–H groups in total. The van der Waals surface area contributed by atoms with E-state index in [0.29, 0.717) is 5.56 Å². The number of hydrogen-bond donors (Lipinski definition) is 2. The monoisotopic (exact) mass is 379 g/mol. The summed E-state index contributed by atoms with van der Waals surface area (Å²) in [4.78, 5) is 12.2. The number of halogens is 4. The second kappa shape index (κ2) is 9.75. The number of carbonyl (C=O) groups excluding carboxylic acids is 1. The maximum atomic E-state index is 12.6. The molecule has 4 nitrogen and oxygen atoms in total. The lowest BCUT2D eigenvalue weighted by Crippen LogP contribution is -2.36. The van der Waals surface area contributed by atoms with Crippen molar-refractivity contribution >= 4 is 5.91 Å². The lowest BCUT2D eigenvalue weighted by molar-refractivity contribution is -0.125. The predicted octanol–water partition coefficient (Wildman–Crippen LogP) is 4.29. The molecule has 1 amide bonds. The van der Waals surface area contributed by atoms with E-state index in [1.165, 1.54) is 24.3 Å². The lowest BCUT2D eigenvalue weighted by atomic mass is 9.87. The first-order valence-corrected chi connectivity index (χ1v) is 8.29. The van der Waals surface area contributed by atoms with Crippen LogP contribution in [0.5, 0.6) is 5.75 Å². The molecular formula is C18H25F4NO3. The highest BCUT2D eigenvalue weighted by Crippen LogP contribution is 2.26. The van der Waals surface area contributed by atoms with E-state index in [0.717, 1.165) is 0 Å². The summed E-state index contributed by atoms with van der Waals surface area (Å²) < 4.78 is 54.2. The van der Waals surface area contributed by atoms with Gasteiger partial charge in [0.25, 0.3) is 0 Å². The van der Waals surface area contributed by atoms with Gasteiger partial charge in [-0.25, -0.2) is 8.78 Å². The van der Waals surface area contributed by atoms with Crippen molar-refractivity contribution in [3.63, 3.8) is 0 Å². The Morgan fingerprint density at radius 2 is 1.85 bits per heavy atom. The Balaban J connectivity index is 2.89. The molecule has 1 rings (SSSR count). The molecule has 26 heavy (non-hydrogen) atoms. The van der Waals surface area contributed by atoms with Gasteiger partial charge in [-0.3, -0.25) is 4.79 Å². The van der Waals surface area contributed by atoms with Crippen molar-refractivity contribution in [3.8, 4) is 5.75 Å². The van der Waals surface area contributed by atoms with Gasteiger partial charge in [0.15, 0.2) is 0 Å². The molecule has 0 fully saturated rings. The van der Waals surface area contributed by atoms with Crippen LogP contribution < -0.4 is 10.1 Å². The normalized spacial score (nSPS) is 14.4. The van der Waals surface area contributed by atoms with Crippen LogP contribution in [-0.4, -0.2) is 30.2 Å². The number of ether oxygens (including phenoxy) is 1. The molecule has 0 aromatic heterocycles. The molecule has 0 radical (unpaired) electrons. The second-order valence-electron chi connectivity index (χ2n) is 7.13. The van der Waals surface area contributed by atoms with Gasteiger partial charge in [-0.1, -0.05) is 32.9 Å². The predicted molar refractivity (Wildman–Crippen MR) is 89.3 cm³/mol. The molecule has 8 heteroatoms. The first kappa shape index (κ1) is 22.2. The number of amides is 1. The van der Waals surface area contributed by atoms with Crippen LogP contribution in [-0.2, 0) is 4.79 Å². The number of aliphatic hydroxyl groups excluding tert-OH is 1. The Morgan fingerprint density at radius 1 is 1.19 bits per heavy atom. The largest absolute Gasteiger partial charge is 0.435 e. The van der Waals surface area contributed by atoms with Crippen LogP contribution in [0.2, 0.25) is 0 Å². The van der Waals surface area contributed by atoms with Crippen molar-refractivity contribution in [3.05, 3.63) is 29.8 Å². The molecule has 1 unspecified atom stereocenters. The minimum absolute atomic E-state index is 0.0762. The highest BCUT2D eigenvalue weighted by molar-refractivity contribution is 5.77. The van der Waals surface area contributed by atoms with E-state index in [1.807, 2.05) is 0 Å². The number of nitrogens with one attached hydrogen (secondary N) is 1. The first-order chi connectivity index (χ1) is 12.0. The van der Waals surface area contributed by atoms with Crippen LogP contribution in [0.3, 0.4) is 0 Å². The summed E-state index contributed by atoms with van der Waals surface area (Å²) in [6.07, 6.45) is -4.20. The van der Waals surface area contributed by atoms with Crippen LogP contribution in [0.4, 0.5) is 17.6 Å². The van der Waals surface area contributed by atoms with Gasteiger partial charge < -0.3 is 15.2 Å². The van der Waals surface area contributed by atoms with Crippen LogP contribution in [0.15, 0.2) is 24.3 Å². The van der Waals surface area contributed by atoms with Crippen LogP contribution in [0.1, 0.15) is 51.6 Å². The van der Waals surface area contributed by atoms with Crippen molar-refractivity contribution in [1.29, 1.82) is 0 Å². The van der Waals surface area contributed by atoms with Crippen molar-refractivity contribution in [2.24, 2.45) is 5.41 Å². The summed E-state index contributed by atoms with van der Waals surface area (Å²) in [6.45, 7) is 2.29. The standard InChI is InChI=1S/C18H25F4NO3/c1-18(2,3)14(24)10-16(25)23-13(7-8-15(19)20)11-5-4-6-12(9-11)26-17(21)22/h4-6,9,13-15,17,24H,7-8,10H2,1-3H3,(H,23,25)/t13-,14?/m0/s1. The van der Waals surface area contributed by atoms with E-state index >= 15 is 0 Å². The molecule has 2 atom stereocenters. The molecule has 0 aliphatic carbocycles. The third-order valence-electron chi connectivity index (χ3n) is 3.87. The van der Waals surface area contributed by atoms with Crippen molar-refractivity contribution in [2.75, 3.05) is 0 Å². The Hall–Kier alpha value is -1.83. The minimum Gasteiger partial charge on any atom is -0.435 e. The average molecular weight is 379 g/mol. The molecule has 0 saturated carbocycles. The highest BCUT2D eigenvalue weighted by Gasteiger charge is 2.26. The SMILES string of the molecule is CC(C)(C)C(O)CC(=O)N[C@@H](CCC(F)F)c1cccc(OC(F)F)c1. The van der Waals surface area contributed by atoms with E-state index in [9.17, 15) is 27.5 Å².